The van der Waals surface area contributed by atoms with Crippen LogP contribution in [0.2, 0.25) is 16.6 Å². The number of carbonyl (C=O) groups excluding carboxylic acids is 1. The summed E-state index contributed by atoms with van der Waals surface area (Å²) in [4.78, 5) is 18.6. The fourth-order valence-electron chi connectivity index (χ4n) is 7.03. The molecule has 0 unspecified atom stereocenters. The first-order valence-electron chi connectivity index (χ1n) is 18.2. The van der Waals surface area contributed by atoms with E-state index >= 15 is 0 Å². The third-order valence-electron chi connectivity index (χ3n) is 9.55. The predicted octanol–water partition coefficient (Wildman–Crippen LogP) is 9.52. The van der Waals surface area contributed by atoms with Gasteiger partial charge in [0.1, 0.15) is 24.9 Å². The van der Waals surface area contributed by atoms with Gasteiger partial charge in [-0.1, -0.05) is 163 Å². The number of rotatable bonds is 23. The van der Waals surface area contributed by atoms with Crippen LogP contribution in [-0.2, 0) is 54.7 Å². The molecule has 0 aliphatic rings. The molecule has 1 amide bonds. The number of benzene rings is 4. The summed E-state index contributed by atoms with van der Waals surface area (Å²) in [6.07, 6.45) is -1.08. The van der Waals surface area contributed by atoms with Crippen LogP contribution in [0.1, 0.15) is 63.8 Å². The van der Waals surface area contributed by atoms with Crippen molar-refractivity contribution in [3.63, 3.8) is 0 Å². The fraction of sp³-hybridized carbons (Fsp3) is 0.419. The second kappa shape index (κ2) is 21.0. The summed E-state index contributed by atoms with van der Waals surface area (Å²) in [6, 6.07) is 40.0. The molecule has 0 aliphatic heterocycles. The van der Waals surface area contributed by atoms with E-state index in [2.05, 4.69) is 53.7 Å². The van der Waals surface area contributed by atoms with Gasteiger partial charge in [-0.15, -0.1) is 0 Å². The molecule has 4 rings (SSSR count). The van der Waals surface area contributed by atoms with Gasteiger partial charge in [0.2, 0.25) is 6.41 Å². The van der Waals surface area contributed by atoms with Crippen LogP contribution in [0.4, 0.5) is 0 Å². The summed E-state index contributed by atoms with van der Waals surface area (Å²) < 4.78 is 27.7. The Kier molecular flexibility index (Phi) is 16.6. The highest BCUT2D eigenvalue weighted by atomic mass is 28.4. The molecular formula is C43H57NO6Si. The number of amides is 1. The van der Waals surface area contributed by atoms with E-state index in [-0.39, 0.29) is 13.2 Å². The average molecular weight is 712 g/mol. The maximum absolute atomic E-state index is 12.6. The van der Waals surface area contributed by atoms with E-state index in [0.717, 1.165) is 22.3 Å². The van der Waals surface area contributed by atoms with E-state index in [0.29, 0.717) is 49.5 Å². The third kappa shape index (κ3) is 12.2. The highest BCUT2D eigenvalue weighted by Crippen LogP contribution is 2.42. The number of hydroxylamine groups is 2. The smallest absolute Gasteiger partial charge is 0.233 e. The van der Waals surface area contributed by atoms with E-state index < -0.39 is 26.6 Å². The van der Waals surface area contributed by atoms with Crippen molar-refractivity contribution >= 4 is 14.7 Å². The van der Waals surface area contributed by atoms with Crippen LogP contribution in [-0.4, -0.2) is 51.3 Å². The molecule has 0 saturated heterocycles. The van der Waals surface area contributed by atoms with E-state index in [4.69, 9.17) is 23.5 Å². The number of hydrogen-bond donors (Lipinski definition) is 0. The van der Waals surface area contributed by atoms with Crippen LogP contribution < -0.4 is 0 Å². The molecular weight excluding hydrogens is 655 g/mol. The van der Waals surface area contributed by atoms with Crippen molar-refractivity contribution in [2.75, 3.05) is 13.2 Å². The van der Waals surface area contributed by atoms with Gasteiger partial charge >= 0.3 is 0 Å². The van der Waals surface area contributed by atoms with Crippen molar-refractivity contribution in [2.24, 2.45) is 0 Å². The molecule has 4 aromatic rings. The Bertz CT molecular complexity index is 1490. The van der Waals surface area contributed by atoms with E-state index in [1.807, 2.05) is 109 Å². The van der Waals surface area contributed by atoms with Crippen LogP contribution in [0, 0.1) is 0 Å². The summed E-state index contributed by atoms with van der Waals surface area (Å²) in [5.74, 6) is 0. The molecule has 3 atom stereocenters. The van der Waals surface area contributed by atoms with Crippen LogP contribution >= 0.6 is 0 Å². The molecule has 7 nitrogen and oxygen atoms in total. The molecule has 0 saturated carbocycles. The second-order valence-electron chi connectivity index (χ2n) is 14.0. The summed E-state index contributed by atoms with van der Waals surface area (Å²) in [5.41, 5.74) is 5.20. The first-order valence-corrected chi connectivity index (χ1v) is 20.4. The van der Waals surface area contributed by atoms with E-state index in [1.54, 1.807) is 0 Å². The minimum atomic E-state index is -2.29. The zero-order chi connectivity index (χ0) is 36.5. The van der Waals surface area contributed by atoms with Gasteiger partial charge in [-0.25, -0.2) is 5.06 Å². The SMILES string of the molecule is CC(C)[Si](OC[C@@H](OCc1ccccc1)[C@H](OCc1ccccc1)[C@@H](CN(C=O)OCc1ccccc1)OCc1ccccc1)(C(C)C)C(C)C. The molecule has 0 fully saturated rings. The predicted molar refractivity (Wildman–Crippen MR) is 206 cm³/mol. The molecule has 4 aromatic carbocycles. The lowest BCUT2D eigenvalue weighted by Gasteiger charge is -2.44. The van der Waals surface area contributed by atoms with Gasteiger partial charge in [-0.2, -0.15) is 0 Å². The Morgan fingerprint density at radius 1 is 0.529 bits per heavy atom. The van der Waals surface area contributed by atoms with Gasteiger partial charge in [-0.05, 0) is 38.9 Å². The average Bonchev–Trinajstić information content (AvgIpc) is 3.15. The zero-order valence-corrected chi connectivity index (χ0v) is 32.2. The van der Waals surface area contributed by atoms with E-state index in [1.165, 1.54) is 5.06 Å². The monoisotopic (exact) mass is 711 g/mol. The highest BCUT2D eigenvalue weighted by molar-refractivity contribution is 6.77. The topological polar surface area (TPSA) is 66.5 Å². The van der Waals surface area contributed by atoms with Gasteiger partial charge < -0.3 is 18.6 Å². The lowest BCUT2D eigenvalue weighted by atomic mass is 10.1. The standard InChI is InChI=1S/C43H57NO6Si/c1-34(2)51(35(3)4,36(5)6)50-32-42(47-29-38-21-13-8-14-22-38)43(48-30-39-23-15-9-16-24-39)41(46-28-37-19-11-7-12-20-37)27-44(33-45)49-31-40-25-17-10-18-26-40/h7-26,33-36,41-43H,27-32H2,1-6H3/t41-,42-,43-/m1/s1. The Balaban J connectivity index is 1.72. The lowest BCUT2D eigenvalue weighted by Crippen LogP contribution is -2.53. The van der Waals surface area contributed by atoms with Gasteiger partial charge in [0.25, 0.3) is 0 Å². The lowest BCUT2D eigenvalue weighted by molar-refractivity contribution is -0.210. The third-order valence-corrected chi connectivity index (χ3v) is 15.6. The first kappa shape index (κ1) is 40.1. The summed E-state index contributed by atoms with van der Waals surface area (Å²) in [5, 5.41) is 1.31. The van der Waals surface area contributed by atoms with Gasteiger partial charge in [0.05, 0.1) is 33.0 Å². The van der Waals surface area contributed by atoms with Crippen molar-refractivity contribution in [1.29, 1.82) is 0 Å². The maximum atomic E-state index is 12.6. The van der Waals surface area contributed by atoms with Crippen molar-refractivity contribution in [3.05, 3.63) is 144 Å². The van der Waals surface area contributed by atoms with Gasteiger partial charge in [-0.3, -0.25) is 9.63 Å². The molecule has 0 heterocycles. The minimum Gasteiger partial charge on any atom is -0.413 e. The second-order valence-corrected chi connectivity index (χ2v) is 19.5. The largest absolute Gasteiger partial charge is 0.413 e. The Labute approximate surface area is 306 Å². The summed E-state index contributed by atoms with van der Waals surface area (Å²) in [6.45, 7) is 15.4. The molecule has 0 bridgehead atoms. The van der Waals surface area contributed by atoms with Gasteiger partial charge in [0.15, 0.2) is 8.32 Å². The number of carbonyl (C=O) groups is 1. The molecule has 51 heavy (non-hydrogen) atoms. The quantitative estimate of drug-likeness (QED) is 0.0434. The number of ether oxygens (including phenoxy) is 3. The van der Waals surface area contributed by atoms with Crippen molar-refractivity contribution in [1.82, 2.24) is 5.06 Å². The number of nitrogens with zero attached hydrogens (tertiary/aromatic N) is 1. The number of hydrogen-bond acceptors (Lipinski definition) is 6. The maximum Gasteiger partial charge on any atom is 0.233 e. The van der Waals surface area contributed by atoms with Crippen LogP contribution in [0.5, 0.6) is 0 Å². The normalized spacial score (nSPS) is 13.7. The highest BCUT2D eigenvalue weighted by Gasteiger charge is 2.46. The van der Waals surface area contributed by atoms with E-state index in [9.17, 15) is 4.79 Å². The van der Waals surface area contributed by atoms with Crippen molar-refractivity contribution in [2.45, 2.75) is 103 Å². The molecule has 0 N–H and O–H groups in total. The van der Waals surface area contributed by atoms with Crippen molar-refractivity contribution < 1.29 is 28.3 Å². The Hall–Kier alpha value is -3.63. The Morgan fingerprint density at radius 3 is 1.29 bits per heavy atom. The first-order chi connectivity index (χ1) is 24.7. The molecule has 274 valence electrons. The van der Waals surface area contributed by atoms with Gasteiger partial charge in [0, 0.05) is 0 Å². The van der Waals surface area contributed by atoms with Crippen LogP contribution in [0.3, 0.4) is 0 Å². The minimum absolute atomic E-state index is 0.120. The molecule has 0 aliphatic carbocycles. The Morgan fingerprint density at radius 2 is 0.902 bits per heavy atom. The van der Waals surface area contributed by atoms with Crippen molar-refractivity contribution in [3.8, 4) is 0 Å². The van der Waals surface area contributed by atoms with Crippen LogP contribution in [0.25, 0.3) is 0 Å². The van der Waals surface area contributed by atoms with Crippen LogP contribution in [0.15, 0.2) is 121 Å². The summed E-state index contributed by atoms with van der Waals surface area (Å²) in [7, 11) is -2.29. The molecule has 0 radical (unpaired) electrons. The fourth-order valence-corrected chi connectivity index (χ4v) is 12.5. The molecule has 8 heteroatoms. The molecule has 0 spiro atoms. The summed E-state index contributed by atoms with van der Waals surface area (Å²) >= 11 is 0. The molecule has 0 aromatic heterocycles. The zero-order valence-electron chi connectivity index (χ0n) is 31.2.